The molecule has 1 fully saturated rings. The van der Waals surface area contributed by atoms with Gasteiger partial charge in [0.15, 0.2) is 0 Å². The van der Waals surface area contributed by atoms with Crippen molar-refractivity contribution in [1.29, 1.82) is 0 Å². The summed E-state index contributed by atoms with van der Waals surface area (Å²) >= 11 is 6.26. The monoisotopic (exact) mass is 456 g/mol. The number of pyridine rings is 1. The van der Waals surface area contributed by atoms with Gasteiger partial charge in [0.2, 0.25) is 0 Å². The number of nitrogens with two attached hydrogens (primary N) is 2. The van der Waals surface area contributed by atoms with Crippen molar-refractivity contribution in [3.63, 3.8) is 0 Å². The molecule has 1 atom stereocenters. The summed E-state index contributed by atoms with van der Waals surface area (Å²) in [5.74, 6) is 1.38. The van der Waals surface area contributed by atoms with E-state index in [1.54, 1.807) is 0 Å². The van der Waals surface area contributed by atoms with Crippen molar-refractivity contribution < 1.29 is 8.95 Å². The van der Waals surface area contributed by atoms with Gasteiger partial charge in [0.25, 0.3) is 0 Å². The lowest BCUT2D eigenvalue weighted by atomic mass is 9.79. The highest BCUT2D eigenvalue weighted by atomic mass is 35.5. The predicted molar refractivity (Wildman–Crippen MR) is 126 cm³/mol. The Morgan fingerprint density at radius 2 is 2.03 bits per heavy atom. The van der Waals surface area contributed by atoms with E-state index in [-0.39, 0.29) is 5.41 Å². The zero-order valence-corrected chi connectivity index (χ0v) is 18.7. The largest absolute Gasteiger partial charge is 0.398 e. The van der Waals surface area contributed by atoms with E-state index in [9.17, 15) is 4.21 Å². The molecule has 2 aliphatic heterocycles. The number of ether oxygens (including phenoxy) is 1. The van der Waals surface area contributed by atoms with Crippen molar-refractivity contribution >= 4 is 44.8 Å². The number of benzene rings is 2. The molecule has 0 amide bonds. The zero-order chi connectivity index (χ0) is 21.6. The predicted octanol–water partition coefficient (Wildman–Crippen LogP) is 3.12. The first-order chi connectivity index (χ1) is 15.0. The number of aromatic nitrogens is 1. The van der Waals surface area contributed by atoms with Gasteiger partial charge in [-0.05, 0) is 36.2 Å². The lowest BCUT2D eigenvalue weighted by molar-refractivity contribution is -0.106. The van der Waals surface area contributed by atoms with Crippen LogP contribution in [0.1, 0.15) is 11.1 Å². The van der Waals surface area contributed by atoms with E-state index in [4.69, 9.17) is 32.8 Å². The van der Waals surface area contributed by atoms with Crippen LogP contribution in [-0.2, 0) is 28.5 Å². The number of fused-ring (bicyclic) bond motifs is 2. The molecule has 6 nitrogen and oxygen atoms in total. The van der Waals surface area contributed by atoms with Gasteiger partial charge in [0.05, 0.1) is 29.5 Å². The number of halogens is 1. The molecule has 5 rings (SSSR count). The van der Waals surface area contributed by atoms with Crippen LogP contribution in [0.25, 0.3) is 10.9 Å². The normalized spacial score (nSPS) is 20.2. The summed E-state index contributed by atoms with van der Waals surface area (Å²) in [6.45, 7) is 3.01. The summed E-state index contributed by atoms with van der Waals surface area (Å²) in [5.41, 5.74) is 16.2. The second-order valence-corrected chi connectivity index (χ2v) is 10.4. The van der Waals surface area contributed by atoms with Gasteiger partial charge < -0.3 is 21.1 Å². The van der Waals surface area contributed by atoms with Crippen molar-refractivity contribution in [3.05, 3.63) is 58.6 Å². The van der Waals surface area contributed by atoms with Gasteiger partial charge in [-0.25, -0.2) is 4.98 Å². The number of rotatable bonds is 4. The average Bonchev–Trinajstić information content (AvgIpc) is 2.91. The van der Waals surface area contributed by atoms with E-state index in [0.29, 0.717) is 55.7 Å². The molecule has 1 saturated heterocycles. The van der Waals surface area contributed by atoms with Gasteiger partial charge in [-0.15, -0.1) is 0 Å². The minimum absolute atomic E-state index is 0.136. The fourth-order valence-corrected chi connectivity index (χ4v) is 5.84. The molecule has 3 heterocycles. The summed E-state index contributed by atoms with van der Waals surface area (Å²) in [7, 11) is -1.04. The first-order valence-electron chi connectivity index (χ1n) is 10.4. The van der Waals surface area contributed by atoms with Crippen LogP contribution in [0.15, 0.2) is 47.4 Å². The molecule has 4 N–H and O–H groups in total. The first kappa shape index (κ1) is 20.7. The van der Waals surface area contributed by atoms with Crippen molar-refractivity contribution in [2.45, 2.75) is 17.9 Å². The number of nitrogen functional groups attached to an aromatic ring is 1. The number of nitrogens with zero attached hydrogens (tertiary/aromatic N) is 2. The highest BCUT2D eigenvalue weighted by molar-refractivity contribution is 7.85. The maximum absolute atomic E-state index is 12.8. The fraction of sp³-hybridized carbons (Fsp3) is 0.348. The molecular weight excluding hydrogens is 432 g/mol. The van der Waals surface area contributed by atoms with Gasteiger partial charge in [-0.3, -0.25) is 4.21 Å². The molecule has 0 radical (unpaired) electrons. The quantitative estimate of drug-likeness (QED) is 0.626. The fourth-order valence-electron chi connectivity index (χ4n) is 4.40. The van der Waals surface area contributed by atoms with Crippen molar-refractivity contribution in [1.82, 2.24) is 4.98 Å². The van der Waals surface area contributed by atoms with E-state index in [1.807, 2.05) is 42.5 Å². The van der Waals surface area contributed by atoms with Crippen LogP contribution < -0.4 is 16.4 Å². The van der Waals surface area contributed by atoms with Gasteiger partial charge in [-0.2, -0.15) is 0 Å². The SMILES string of the molecule is NCC1(Cc2c(N3CCS(=O)c4ccccc4C3)nc3ccc(Cl)cc3c2N)COC1. The molecule has 2 aromatic carbocycles. The maximum Gasteiger partial charge on any atom is 0.134 e. The summed E-state index contributed by atoms with van der Waals surface area (Å²) < 4.78 is 18.3. The summed E-state index contributed by atoms with van der Waals surface area (Å²) in [4.78, 5) is 8.13. The molecule has 3 aromatic rings. The molecular formula is C23H25ClN4O2S. The Hall–Kier alpha value is -2.19. The molecule has 0 saturated carbocycles. The summed E-state index contributed by atoms with van der Waals surface area (Å²) in [6, 6.07) is 13.5. The van der Waals surface area contributed by atoms with Crippen LogP contribution in [0.4, 0.5) is 11.5 Å². The molecule has 2 aliphatic rings. The highest BCUT2D eigenvalue weighted by Gasteiger charge is 2.39. The van der Waals surface area contributed by atoms with Crippen LogP contribution >= 0.6 is 11.6 Å². The van der Waals surface area contributed by atoms with Crippen LogP contribution in [-0.4, -0.2) is 41.2 Å². The second-order valence-electron chi connectivity index (χ2n) is 8.44. The Kier molecular flexibility index (Phi) is 5.38. The molecule has 0 bridgehead atoms. The Balaban J connectivity index is 1.65. The number of anilines is 2. The topological polar surface area (TPSA) is 94.5 Å². The number of hydrogen-bond donors (Lipinski definition) is 2. The van der Waals surface area contributed by atoms with E-state index < -0.39 is 10.8 Å². The van der Waals surface area contributed by atoms with Gasteiger partial charge in [-0.1, -0.05) is 29.8 Å². The van der Waals surface area contributed by atoms with Gasteiger partial charge >= 0.3 is 0 Å². The van der Waals surface area contributed by atoms with Gasteiger partial charge in [0, 0.05) is 57.4 Å². The third kappa shape index (κ3) is 3.69. The van der Waals surface area contributed by atoms with Crippen LogP contribution in [0.2, 0.25) is 5.02 Å². The third-order valence-corrected chi connectivity index (χ3v) is 7.97. The smallest absolute Gasteiger partial charge is 0.134 e. The minimum Gasteiger partial charge on any atom is -0.398 e. The van der Waals surface area contributed by atoms with Crippen LogP contribution in [0, 0.1) is 5.41 Å². The Labute approximate surface area is 189 Å². The average molecular weight is 457 g/mol. The lowest BCUT2D eigenvalue weighted by Gasteiger charge is -2.41. The molecule has 31 heavy (non-hydrogen) atoms. The van der Waals surface area contributed by atoms with Crippen molar-refractivity contribution in [3.8, 4) is 0 Å². The van der Waals surface area contributed by atoms with Gasteiger partial charge in [0.1, 0.15) is 5.82 Å². The van der Waals surface area contributed by atoms with E-state index in [1.165, 1.54) is 0 Å². The Morgan fingerprint density at radius 1 is 1.23 bits per heavy atom. The first-order valence-corrected chi connectivity index (χ1v) is 12.1. The standard InChI is InChI=1S/C23H25ClN4O2S/c24-16-5-6-19-17(9-16)21(26)18(10-23(12-25)13-30-14-23)22(27-19)28-7-8-31(29)20-4-2-1-3-15(20)11-28/h1-6,9H,7-8,10-14,25H2,(H2,26,27). The molecule has 162 valence electrons. The molecule has 0 spiro atoms. The molecule has 8 heteroatoms. The number of hydrogen-bond acceptors (Lipinski definition) is 6. The third-order valence-electron chi connectivity index (χ3n) is 6.30. The van der Waals surface area contributed by atoms with E-state index in [2.05, 4.69) is 4.90 Å². The molecule has 1 unspecified atom stereocenters. The maximum atomic E-state index is 12.8. The second kappa shape index (κ2) is 8.06. The molecule has 0 aliphatic carbocycles. The summed E-state index contributed by atoms with van der Waals surface area (Å²) in [6.07, 6.45) is 0.682. The Bertz CT molecular complexity index is 1180. The highest BCUT2D eigenvalue weighted by Crippen LogP contribution is 2.40. The summed E-state index contributed by atoms with van der Waals surface area (Å²) in [5, 5.41) is 1.47. The minimum atomic E-state index is -1.04. The van der Waals surface area contributed by atoms with Crippen LogP contribution in [0.3, 0.4) is 0 Å². The zero-order valence-electron chi connectivity index (χ0n) is 17.1. The van der Waals surface area contributed by atoms with E-state index >= 15 is 0 Å². The lowest BCUT2D eigenvalue weighted by Crippen LogP contribution is -2.50. The van der Waals surface area contributed by atoms with E-state index in [0.717, 1.165) is 32.7 Å². The Morgan fingerprint density at radius 3 is 2.77 bits per heavy atom. The molecule has 1 aromatic heterocycles. The van der Waals surface area contributed by atoms with Crippen molar-refractivity contribution in [2.75, 3.05) is 42.7 Å². The van der Waals surface area contributed by atoms with Crippen LogP contribution in [0.5, 0.6) is 0 Å². The van der Waals surface area contributed by atoms with Crippen molar-refractivity contribution in [2.24, 2.45) is 11.1 Å².